The fourth-order valence-corrected chi connectivity index (χ4v) is 1.42. The van der Waals surface area contributed by atoms with E-state index in [1.165, 1.54) is 0 Å². The van der Waals surface area contributed by atoms with Crippen LogP contribution in [0.5, 0.6) is 0 Å². The Morgan fingerprint density at radius 1 is 1.15 bits per heavy atom. The molecule has 0 N–H and O–H groups in total. The molecular weight excluding hydrogens is 168 g/mol. The number of hydrogen-bond donors (Lipinski definition) is 0. The second-order valence-electron chi connectivity index (χ2n) is 3.58. The summed E-state index contributed by atoms with van der Waals surface area (Å²) in [6.45, 7) is 1.84. The second kappa shape index (κ2) is 5.00. The number of carbonyl (C=O) groups is 2. The molecular formula is C10H16O3. The van der Waals surface area contributed by atoms with Crippen LogP contribution in [-0.2, 0) is 14.3 Å². The number of esters is 1. The highest BCUT2D eigenvalue weighted by molar-refractivity contribution is 5.78. The highest BCUT2D eigenvalue weighted by atomic mass is 16.5. The van der Waals surface area contributed by atoms with Crippen molar-refractivity contribution in [3.63, 3.8) is 0 Å². The van der Waals surface area contributed by atoms with Gasteiger partial charge in [-0.15, -0.1) is 0 Å². The molecule has 0 spiro atoms. The molecule has 74 valence electrons. The summed E-state index contributed by atoms with van der Waals surface area (Å²) >= 11 is 0. The van der Waals surface area contributed by atoms with Gasteiger partial charge in [-0.3, -0.25) is 9.59 Å². The molecule has 1 heterocycles. The fourth-order valence-electron chi connectivity index (χ4n) is 1.42. The summed E-state index contributed by atoms with van der Waals surface area (Å²) in [7, 11) is 0. The van der Waals surface area contributed by atoms with E-state index in [1.807, 2.05) is 6.92 Å². The number of carbonyl (C=O) groups excluding carboxylic acids is 2. The molecule has 0 aliphatic carbocycles. The maximum absolute atomic E-state index is 11.2. The smallest absolute Gasteiger partial charge is 0.306 e. The summed E-state index contributed by atoms with van der Waals surface area (Å²) in [6.07, 6.45) is 3.80. The standard InChI is InChI=1S/C10H16O3/c1-8-6-7-9(11)4-2-3-5-10(12)13-8/h8H,2-7H2,1H3. The minimum absolute atomic E-state index is 0.102. The molecule has 0 amide bonds. The molecule has 0 radical (unpaired) electrons. The largest absolute Gasteiger partial charge is 0.463 e. The predicted molar refractivity (Wildman–Crippen MR) is 48.3 cm³/mol. The summed E-state index contributed by atoms with van der Waals surface area (Å²) in [5.74, 6) is 0.173. The highest BCUT2D eigenvalue weighted by Crippen LogP contribution is 2.11. The molecule has 1 saturated heterocycles. The van der Waals surface area contributed by atoms with Gasteiger partial charge in [-0.1, -0.05) is 0 Å². The van der Waals surface area contributed by atoms with Crippen molar-refractivity contribution in [1.29, 1.82) is 0 Å². The fraction of sp³-hybridized carbons (Fsp3) is 0.800. The quantitative estimate of drug-likeness (QED) is 0.539. The third kappa shape index (κ3) is 4.06. The van der Waals surface area contributed by atoms with Crippen LogP contribution in [0, 0.1) is 0 Å². The summed E-state index contributed by atoms with van der Waals surface area (Å²) in [4.78, 5) is 22.3. The molecule has 0 bridgehead atoms. The zero-order valence-electron chi connectivity index (χ0n) is 8.04. The Balaban J connectivity index is 2.41. The van der Waals surface area contributed by atoms with E-state index < -0.39 is 0 Å². The Kier molecular flexibility index (Phi) is 3.93. The second-order valence-corrected chi connectivity index (χ2v) is 3.58. The zero-order valence-corrected chi connectivity index (χ0v) is 8.04. The first-order valence-corrected chi connectivity index (χ1v) is 4.89. The van der Waals surface area contributed by atoms with Crippen LogP contribution in [0.1, 0.15) is 45.4 Å². The van der Waals surface area contributed by atoms with Crippen LogP contribution < -0.4 is 0 Å². The Labute approximate surface area is 78.5 Å². The van der Waals surface area contributed by atoms with Gasteiger partial charge in [0.25, 0.3) is 0 Å². The van der Waals surface area contributed by atoms with Crippen LogP contribution >= 0.6 is 0 Å². The van der Waals surface area contributed by atoms with Gasteiger partial charge in [0.1, 0.15) is 5.78 Å². The molecule has 0 aromatic rings. The predicted octanol–water partition coefficient (Wildman–Crippen LogP) is 1.84. The molecule has 1 atom stereocenters. The lowest BCUT2D eigenvalue weighted by Gasteiger charge is -2.14. The van der Waals surface area contributed by atoms with Crippen molar-refractivity contribution in [2.45, 2.75) is 51.6 Å². The molecule has 1 rings (SSSR count). The average molecular weight is 184 g/mol. The van der Waals surface area contributed by atoms with Crippen molar-refractivity contribution in [2.24, 2.45) is 0 Å². The van der Waals surface area contributed by atoms with E-state index >= 15 is 0 Å². The maximum atomic E-state index is 11.2. The molecule has 3 nitrogen and oxygen atoms in total. The van der Waals surface area contributed by atoms with Crippen LogP contribution in [0.4, 0.5) is 0 Å². The molecule has 1 aliphatic heterocycles. The van der Waals surface area contributed by atoms with Crippen LogP contribution in [-0.4, -0.2) is 17.9 Å². The van der Waals surface area contributed by atoms with Crippen molar-refractivity contribution >= 4 is 11.8 Å². The molecule has 0 aromatic heterocycles. The van der Waals surface area contributed by atoms with Crippen molar-refractivity contribution < 1.29 is 14.3 Å². The van der Waals surface area contributed by atoms with E-state index in [2.05, 4.69) is 0 Å². The third-order valence-electron chi connectivity index (χ3n) is 2.25. The monoisotopic (exact) mass is 184 g/mol. The van der Waals surface area contributed by atoms with Gasteiger partial charge in [-0.05, 0) is 26.2 Å². The Morgan fingerprint density at radius 2 is 1.85 bits per heavy atom. The molecule has 1 unspecified atom stereocenters. The van der Waals surface area contributed by atoms with Crippen LogP contribution in [0.3, 0.4) is 0 Å². The van der Waals surface area contributed by atoms with Crippen molar-refractivity contribution in [3.05, 3.63) is 0 Å². The van der Waals surface area contributed by atoms with Gasteiger partial charge in [0, 0.05) is 19.3 Å². The van der Waals surface area contributed by atoms with E-state index in [0.29, 0.717) is 31.5 Å². The summed E-state index contributed by atoms with van der Waals surface area (Å²) in [5, 5.41) is 0. The van der Waals surface area contributed by atoms with E-state index in [9.17, 15) is 9.59 Å². The van der Waals surface area contributed by atoms with Crippen molar-refractivity contribution in [1.82, 2.24) is 0 Å². The average Bonchev–Trinajstić information content (AvgIpc) is 2.08. The van der Waals surface area contributed by atoms with Crippen LogP contribution in [0.2, 0.25) is 0 Å². The number of cyclic esters (lactones) is 1. The number of rotatable bonds is 0. The molecule has 1 aliphatic rings. The van der Waals surface area contributed by atoms with Gasteiger partial charge in [-0.2, -0.15) is 0 Å². The number of Topliss-reactive ketones (excluding diaryl/α,β-unsaturated/α-hetero) is 1. The van der Waals surface area contributed by atoms with Gasteiger partial charge in [-0.25, -0.2) is 0 Å². The molecule has 3 heteroatoms. The summed E-state index contributed by atoms with van der Waals surface area (Å²) in [5.41, 5.74) is 0. The van der Waals surface area contributed by atoms with Crippen LogP contribution in [0.15, 0.2) is 0 Å². The number of hydrogen-bond acceptors (Lipinski definition) is 3. The number of ether oxygens (including phenoxy) is 1. The van der Waals surface area contributed by atoms with Crippen LogP contribution in [0.25, 0.3) is 0 Å². The topological polar surface area (TPSA) is 43.4 Å². The molecule has 0 aromatic carbocycles. The van der Waals surface area contributed by atoms with E-state index in [1.54, 1.807) is 0 Å². The van der Waals surface area contributed by atoms with Crippen molar-refractivity contribution in [3.8, 4) is 0 Å². The van der Waals surface area contributed by atoms with E-state index in [0.717, 1.165) is 12.8 Å². The summed E-state index contributed by atoms with van der Waals surface area (Å²) in [6, 6.07) is 0. The number of ketones is 1. The lowest BCUT2D eigenvalue weighted by Crippen LogP contribution is -2.17. The Hall–Kier alpha value is -0.860. The maximum Gasteiger partial charge on any atom is 0.306 e. The first kappa shape index (κ1) is 10.2. The van der Waals surface area contributed by atoms with Gasteiger partial charge in [0.05, 0.1) is 6.10 Å². The molecule has 1 fully saturated rings. The SMILES string of the molecule is CC1CCC(=O)CCCCC(=O)O1. The normalized spacial score (nSPS) is 26.7. The van der Waals surface area contributed by atoms with Gasteiger partial charge in [0.15, 0.2) is 0 Å². The highest BCUT2D eigenvalue weighted by Gasteiger charge is 2.13. The lowest BCUT2D eigenvalue weighted by atomic mass is 10.0. The molecule has 0 saturated carbocycles. The lowest BCUT2D eigenvalue weighted by molar-refractivity contribution is -0.149. The summed E-state index contributed by atoms with van der Waals surface area (Å²) < 4.78 is 5.08. The van der Waals surface area contributed by atoms with E-state index in [-0.39, 0.29) is 12.1 Å². The van der Waals surface area contributed by atoms with Crippen molar-refractivity contribution in [2.75, 3.05) is 0 Å². The first-order valence-electron chi connectivity index (χ1n) is 4.89. The first-order chi connectivity index (χ1) is 6.18. The van der Waals surface area contributed by atoms with E-state index in [4.69, 9.17) is 4.74 Å². The van der Waals surface area contributed by atoms with Gasteiger partial charge < -0.3 is 4.74 Å². The zero-order chi connectivity index (χ0) is 9.68. The Morgan fingerprint density at radius 3 is 2.62 bits per heavy atom. The van der Waals surface area contributed by atoms with Gasteiger partial charge in [0.2, 0.25) is 0 Å². The Bertz CT molecular complexity index is 198. The minimum Gasteiger partial charge on any atom is -0.463 e. The minimum atomic E-state index is -0.123. The van der Waals surface area contributed by atoms with Gasteiger partial charge >= 0.3 is 5.97 Å². The molecule has 13 heavy (non-hydrogen) atoms. The third-order valence-corrected chi connectivity index (χ3v) is 2.25.